The molecule has 1 N–H and O–H groups in total. The monoisotopic (exact) mass is 376 g/mol. The maximum atomic E-state index is 13.6. The average molecular weight is 376 g/mol. The molecule has 2 fully saturated rings. The van der Waals surface area contributed by atoms with Crippen molar-refractivity contribution in [3.05, 3.63) is 29.6 Å². The second-order valence-corrected chi connectivity index (χ2v) is 7.42. The van der Waals surface area contributed by atoms with Gasteiger partial charge in [0.2, 0.25) is 5.91 Å². The molecular weight excluding hydrogens is 351 g/mol. The molecule has 27 heavy (non-hydrogen) atoms. The van der Waals surface area contributed by atoms with Crippen LogP contribution in [0.1, 0.15) is 44.6 Å². The zero-order valence-electron chi connectivity index (χ0n) is 15.7. The van der Waals surface area contributed by atoms with E-state index in [4.69, 9.17) is 4.74 Å². The highest BCUT2D eigenvalue weighted by molar-refractivity contribution is 5.95. The average Bonchev–Trinajstić information content (AvgIpc) is 3.27. The molecule has 1 heterocycles. The van der Waals surface area contributed by atoms with E-state index in [2.05, 4.69) is 5.32 Å². The zero-order chi connectivity index (χ0) is 19.6. The highest BCUT2D eigenvalue weighted by Crippen LogP contribution is 2.30. The summed E-state index contributed by atoms with van der Waals surface area (Å²) in [5.41, 5.74) is 0.777. The number of ether oxygens (including phenoxy) is 1. The minimum absolute atomic E-state index is 0.0175. The van der Waals surface area contributed by atoms with Crippen molar-refractivity contribution < 1.29 is 23.5 Å². The van der Waals surface area contributed by atoms with Gasteiger partial charge in [0.25, 0.3) is 5.91 Å². The van der Waals surface area contributed by atoms with Crippen molar-refractivity contribution in [2.24, 2.45) is 5.92 Å². The fourth-order valence-corrected chi connectivity index (χ4v) is 3.70. The van der Waals surface area contributed by atoms with Crippen molar-refractivity contribution >= 4 is 23.5 Å². The van der Waals surface area contributed by atoms with Crippen LogP contribution in [0, 0.1) is 18.7 Å². The molecule has 1 aliphatic carbocycles. The molecule has 1 aromatic carbocycles. The second-order valence-electron chi connectivity index (χ2n) is 7.42. The standard InChI is InChI=1S/C20H25FN2O4/c1-12-7-8-15(10-17(12)21)22-19(25)13(2)27-20(26)14-9-18(24)23(11-14)16-5-3-4-6-16/h7-8,10,13-14,16H,3-6,9,11H2,1-2H3,(H,22,25)/t13-,14-/m1/s1. The number of hydrogen-bond donors (Lipinski definition) is 1. The van der Waals surface area contributed by atoms with Gasteiger partial charge >= 0.3 is 5.97 Å². The molecular formula is C20H25FN2O4. The van der Waals surface area contributed by atoms with Gasteiger partial charge in [0.1, 0.15) is 5.82 Å². The summed E-state index contributed by atoms with van der Waals surface area (Å²) in [6.45, 7) is 3.45. The summed E-state index contributed by atoms with van der Waals surface area (Å²) in [5.74, 6) is -2.06. The van der Waals surface area contributed by atoms with Crippen LogP contribution in [0.25, 0.3) is 0 Å². The van der Waals surface area contributed by atoms with E-state index in [1.54, 1.807) is 24.0 Å². The molecule has 1 saturated heterocycles. The Kier molecular flexibility index (Phi) is 5.77. The Hall–Kier alpha value is -2.44. The van der Waals surface area contributed by atoms with Gasteiger partial charge in [-0.2, -0.15) is 0 Å². The van der Waals surface area contributed by atoms with Gasteiger partial charge in [-0.3, -0.25) is 14.4 Å². The lowest BCUT2D eigenvalue weighted by atomic mass is 10.1. The molecule has 0 unspecified atom stereocenters. The molecule has 6 nitrogen and oxygen atoms in total. The molecule has 1 saturated carbocycles. The number of esters is 1. The van der Waals surface area contributed by atoms with Crippen molar-refractivity contribution in [2.75, 3.05) is 11.9 Å². The number of likely N-dealkylation sites (tertiary alicyclic amines) is 1. The normalized spacial score (nSPS) is 21.4. The van der Waals surface area contributed by atoms with E-state index in [1.807, 2.05) is 0 Å². The molecule has 2 atom stereocenters. The summed E-state index contributed by atoms with van der Waals surface area (Å²) < 4.78 is 18.8. The highest BCUT2D eigenvalue weighted by atomic mass is 19.1. The number of halogens is 1. The summed E-state index contributed by atoms with van der Waals surface area (Å²) in [7, 11) is 0. The Morgan fingerprint density at radius 1 is 1.30 bits per heavy atom. The first-order valence-electron chi connectivity index (χ1n) is 9.42. The van der Waals surface area contributed by atoms with Crippen LogP contribution in [0.2, 0.25) is 0 Å². The fraction of sp³-hybridized carbons (Fsp3) is 0.550. The topological polar surface area (TPSA) is 75.7 Å². The van der Waals surface area contributed by atoms with Crippen molar-refractivity contribution in [2.45, 2.75) is 58.1 Å². The van der Waals surface area contributed by atoms with E-state index in [-0.39, 0.29) is 18.4 Å². The number of hydrogen-bond acceptors (Lipinski definition) is 4. The zero-order valence-corrected chi connectivity index (χ0v) is 15.7. The maximum Gasteiger partial charge on any atom is 0.312 e. The van der Waals surface area contributed by atoms with Gasteiger partial charge in [0, 0.05) is 24.7 Å². The number of carbonyl (C=O) groups is 3. The van der Waals surface area contributed by atoms with Crippen LogP contribution in [-0.4, -0.2) is 41.4 Å². The van der Waals surface area contributed by atoms with Gasteiger partial charge in [-0.05, 0) is 44.4 Å². The summed E-state index contributed by atoms with van der Waals surface area (Å²) in [6, 6.07) is 4.59. The lowest BCUT2D eigenvalue weighted by Crippen LogP contribution is -2.36. The Balaban J connectivity index is 1.53. The molecule has 0 radical (unpaired) electrons. The lowest BCUT2D eigenvalue weighted by Gasteiger charge is -2.24. The van der Waals surface area contributed by atoms with Crippen molar-refractivity contribution in [1.82, 2.24) is 4.90 Å². The molecule has 0 bridgehead atoms. The maximum absolute atomic E-state index is 13.6. The van der Waals surface area contributed by atoms with Crippen molar-refractivity contribution in [3.8, 4) is 0 Å². The van der Waals surface area contributed by atoms with Gasteiger partial charge in [-0.25, -0.2) is 4.39 Å². The van der Waals surface area contributed by atoms with Gasteiger partial charge in [-0.1, -0.05) is 18.9 Å². The Morgan fingerprint density at radius 2 is 2.00 bits per heavy atom. The summed E-state index contributed by atoms with van der Waals surface area (Å²) >= 11 is 0. The van der Waals surface area contributed by atoms with Gasteiger partial charge in [0.05, 0.1) is 5.92 Å². The molecule has 2 aliphatic rings. The van der Waals surface area contributed by atoms with Gasteiger partial charge in [-0.15, -0.1) is 0 Å². The van der Waals surface area contributed by atoms with Crippen molar-refractivity contribution in [3.63, 3.8) is 0 Å². The van der Waals surface area contributed by atoms with Gasteiger partial charge in [0.15, 0.2) is 6.10 Å². The molecule has 1 aliphatic heterocycles. The summed E-state index contributed by atoms with van der Waals surface area (Å²) in [6.07, 6.45) is 3.30. The largest absolute Gasteiger partial charge is 0.452 e. The first kappa shape index (κ1) is 19.3. The number of carbonyl (C=O) groups excluding carboxylic acids is 3. The smallest absolute Gasteiger partial charge is 0.312 e. The molecule has 0 aromatic heterocycles. The predicted octanol–water partition coefficient (Wildman–Crippen LogP) is 2.80. The van der Waals surface area contributed by atoms with E-state index < -0.39 is 29.7 Å². The van der Waals surface area contributed by atoms with Gasteiger partial charge < -0.3 is 15.0 Å². The minimum Gasteiger partial charge on any atom is -0.452 e. The lowest BCUT2D eigenvalue weighted by molar-refractivity contribution is -0.157. The molecule has 146 valence electrons. The van der Waals surface area contributed by atoms with E-state index in [0.717, 1.165) is 25.7 Å². The predicted molar refractivity (Wildman–Crippen MR) is 97.4 cm³/mol. The van der Waals surface area contributed by atoms with E-state index in [1.165, 1.54) is 13.0 Å². The number of nitrogens with one attached hydrogen (secondary N) is 1. The molecule has 3 rings (SSSR count). The van der Waals surface area contributed by atoms with E-state index >= 15 is 0 Å². The summed E-state index contributed by atoms with van der Waals surface area (Å²) in [5, 5.41) is 2.53. The SMILES string of the molecule is Cc1ccc(NC(=O)[C@@H](C)OC(=O)[C@@H]2CC(=O)N(C3CCCC3)C2)cc1F. The first-order valence-corrected chi connectivity index (χ1v) is 9.42. The molecule has 1 aromatic rings. The van der Waals surface area contributed by atoms with Crippen LogP contribution < -0.4 is 5.32 Å². The van der Waals surface area contributed by atoms with Crippen molar-refractivity contribution in [1.29, 1.82) is 0 Å². The molecule has 7 heteroatoms. The van der Waals surface area contributed by atoms with Crippen LogP contribution in [0.4, 0.5) is 10.1 Å². The number of nitrogens with zero attached hydrogens (tertiary/aromatic N) is 1. The quantitative estimate of drug-likeness (QED) is 0.802. The summed E-state index contributed by atoms with van der Waals surface area (Å²) in [4.78, 5) is 38.6. The minimum atomic E-state index is -1.03. The molecule has 2 amide bonds. The second kappa shape index (κ2) is 8.06. The van der Waals surface area contributed by atoms with E-state index in [0.29, 0.717) is 17.8 Å². The highest BCUT2D eigenvalue weighted by Gasteiger charge is 2.40. The van der Waals surface area contributed by atoms with E-state index in [9.17, 15) is 18.8 Å². The third-order valence-corrected chi connectivity index (χ3v) is 5.36. The number of anilines is 1. The fourth-order valence-electron chi connectivity index (χ4n) is 3.70. The first-order chi connectivity index (χ1) is 12.8. The Labute approximate surface area is 158 Å². The third kappa shape index (κ3) is 4.46. The Morgan fingerprint density at radius 3 is 2.67 bits per heavy atom. The number of benzene rings is 1. The Bertz CT molecular complexity index is 745. The number of aryl methyl sites for hydroxylation is 1. The number of rotatable bonds is 5. The van der Waals surface area contributed by atoms with Crippen LogP contribution in [0.5, 0.6) is 0 Å². The van der Waals surface area contributed by atoms with Crippen LogP contribution in [0.15, 0.2) is 18.2 Å². The van der Waals surface area contributed by atoms with Crippen LogP contribution in [0.3, 0.4) is 0 Å². The number of amides is 2. The third-order valence-electron chi connectivity index (χ3n) is 5.36. The van der Waals surface area contributed by atoms with Crippen LogP contribution >= 0.6 is 0 Å². The molecule has 0 spiro atoms. The van der Waals surface area contributed by atoms with Crippen LogP contribution in [-0.2, 0) is 19.1 Å².